The van der Waals surface area contributed by atoms with Gasteiger partial charge in [-0.05, 0) is 30.7 Å². The second-order valence-corrected chi connectivity index (χ2v) is 7.37. The molecule has 1 aliphatic heterocycles. The van der Waals surface area contributed by atoms with Gasteiger partial charge < -0.3 is 14.2 Å². The zero-order valence-electron chi connectivity index (χ0n) is 15.3. The fraction of sp³-hybridized carbons (Fsp3) is 0.300. The Morgan fingerprint density at radius 2 is 1.89 bits per heavy atom. The molecule has 3 aromatic rings. The summed E-state index contributed by atoms with van der Waals surface area (Å²) in [6, 6.07) is 9.09. The van der Waals surface area contributed by atoms with Crippen molar-refractivity contribution >= 4 is 23.2 Å². The summed E-state index contributed by atoms with van der Waals surface area (Å²) in [6.45, 7) is 2.13. The van der Waals surface area contributed by atoms with Crippen molar-refractivity contribution in [3.05, 3.63) is 59.6 Å². The van der Waals surface area contributed by atoms with Gasteiger partial charge in [0.2, 0.25) is 5.91 Å². The molecule has 0 atom stereocenters. The third-order valence-electron chi connectivity index (χ3n) is 4.68. The average molecular weight is 396 g/mol. The van der Waals surface area contributed by atoms with E-state index >= 15 is 0 Å². The van der Waals surface area contributed by atoms with E-state index in [1.165, 1.54) is 6.26 Å². The van der Waals surface area contributed by atoms with Crippen LogP contribution in [0.2, 0.25) is 0 Å². The van der Waals surface area contributed by atoms with Gasteiger partial charge in [-0.2, -0.15) is 0 Å². The monoisotopic (exact) mass is 396 g/mol. The zero-order valence-corrected chi connectivity index (χ0v) is 16.1. The van der Waals surface area contributed by atoms with Crippen LogP contribution in [0.5, 0.6) is 0 Å². The Morgan fingerprint density at radius 3 is 2.61 bits per heavy atom. The maximum absolute atomic E-state index is 12.5. The molecule has 7 nitrogen and oxygen atoms in total. The Balaban J connectivity index is 1.26. The van der Waals surface area contributed by atoms with Crippen LogP contribution in [0, 0.1) is 0 Å². The van der Waals surface area contributed by atoms with Crippen molar-refractivity contribution in [3.8, 4) is 10.7 Å². The Kier molecular flexibility index (Phi) is 5.48. The lowest BCUT2D eigenvalue weighted by molar-refractivity contribution is -0.132. The molecular formula is C20H20N4O3S. The minimum absolute atomic E-state index is 0.0949. The topological polar surface area (TPSA) is 79.5 Å². The highest BCUT2D eigenvalue weighted by Gasteiger charge is 2.25. The molecule has 2 amide bonds. The number of pyridine rings is 1. The molecule has 0 spiro atoms. The van der Waals surface area contributed by atoms with E-state index < -0.39 is 0 Å². The molecule has 1 saturated heterocycles. The predicted octanol–water partition coefficient (Wildman–Crippen LogP) is 2.72. The number of rotatable bonds is 5. The Labute approximate surface area is 166 Å². The van der Waals surface area contributed by atoms with Crippen LogP contribution in [0.4, 0.5) is 0 Å². The second-order valence-electron chi connectivity index (χ2n) is 6.51. The van der Waals surface area contributed by atoms with Gasteiger partial charge in [0.15, 0.2) is 5.76 Å². The first-order chi connectivity index (χ1) is 13.7. The number of aromatic nitrogens is 2. The first-order valence-electron chi connectivity index (χ1n) is 9.17. The average Bonchev–Trinajstić information content (AvgIpc) is 3.44. The molecule has 4 heterocycles. The number of aryl methyl sites for hydroxylation is 1. The summed E-state index contributed by atoms with van der Waals surface area (Å²) in [6.07, 6.45) is 4.26. The van der Waals surface area contributed by atoms with E-state index in [0.29, 0.717) is 44.8 Å². The molecule has 1 fully saturated rings. The van der Waals surface area contributed by atoms with Gasteiger partial charge in [-0.3, -0.25) is 14.6 Å². The summed E-state index contributed by atoms with van der Waals surface area (Å²) >= 11 is 1.54. The van der Waals surface area contributed by atoms with Crippen LogP contribution < -0.4 is 0 Å². The third-order valence-corrected chi connectivity index (χ3v) is 5.60. The van der Waals surface area contributed by atoms with Gasteiger partial charge in [-0.1, -0.05) is 6.07 Å². The number of hydrogen-bond donors (Lipinski definition) is 0. The first-order valence-corrected chi connectivity index (χ1v) is 10.0. The van der Waals surface area contributed by atoms with Gasteiger partial charge in [0.1, 0.15) is 5.01 Å². The molecule has 3 aromatic heterocycles. The number of amides is 2. The maximum atomic E-state index is 12.5. The first kappa shape index (κ1) is 18.4. The van der Waals surface area contributed by atoms with Crippen LogP contribution in [0.15, 0.2) is 52.6 Å². The molecule has 144 valence electrons. The van der Waals surface area contributed by atoms with Gasteiger partial charge in [-0.15, -0.1) is 11.3 Å². The minimum Gasteiger partial charge on any atom is -0.459 e. The lowest BCUT2D eigenvalue weighted by Crippen LogP contribution is -2.50. The van der Waals surface area contributed by atoms with Gasteiger partial charge in [-0.25, -0.2) is 4.98 Å². The van der Waals surface area contributed by atoms with Crippen molar-refractivity contribution in [2.75, 3.05) is 26.2 Å². The fourth-order valence-corrected chi connectivity index (χ4v) is 3.97. The van der Waals surface area contributed by atoms with Gasteiger partial charge in [0, 0.05) is 44.2 Å². The molecule has 0 aromatic carbocycles. The summed E-state index contributed by atoms with van der Waals surface area (Å²) < 4.78 is 5.16. The second kappa shape index (κ2) is 8.35. The highest BCUT2D eigenvalue weighted by molar-refractivity contribution is 7.13. The summed E-state index contributed by atoms with van der Waals surface area (Å²) in [5.74, 6) is 0.311. The third kappa shape index (κ3) is 4.12. The standard InChI is InChI=1S/C20H20N4O3S/c25-18(7-6-15-14-28-19(22-15)16-4-1-2-8-21-16)23-9-11-24(12-10-23)20(26)17-5-3-13-27-17/h1-5,8,13-14H,6-7,9-12H2. The molecule has 0 N–H and O–H groups in total. The fourth-order valence-electron chi connectivity index (χ4n) is 3.14. The number of thiazole rings is 1. The van der Waals surface area contributed by atoms with Crippen LogP contribution in [-0.4, -0.2) is 57.8 Å². The van der Waals surface area contributed by atoms with Crippen LogP contribution in [0.1, 0.15) is 22.7 Å². The molecular weight excluding hydrogens is 376 g/mol. The molecule has 0 bridgehead atoms. The largest absolute Gasteiger partial charge is 0.459 e. The number of piperazine rings is 1. The van der Waals surface area contributed by atoms with E-state index in [1.54, 1.807) is 34.6 Å². The Bertz CT molecular complexity index is 932. The SMILES string of the molecule is O=C(CCc1csc(-c2ccccn2)n1)N1CCN(C(=O)c2ccco2)CC1. The van der Waals surface area contributed by atoms with Crippen molar-refractivity contribution < 1.29 is 14.0 Å². The van der Waals surface area contributed by atoms with E-state index in [2.05, 4.69) is 9.97 Å². The number of carbonyl (C=O) groups excluding carboxylic acids is 2. The normalized spacial score (nSPS) is 14.3. The molecule has 0 saturated carbocycles. The zero-order chi connectivity index (χ0) is 19.3. The number of hydrogen-bond acceptors (Lipinski definition) is 6. The highest BCUT2D eigenvalue weighted by atomic mass is 32.1. The summed E-state index contributed by atoms with van der Waals surface area (Å²) in [5, 5.41) is 2.85. The Hall–Kier alpha value is -3.00. The van der Waals surface area contributed by atoms with E-state index in [4.69, 9.17) is 4.42 Å². The smallest absolute Gasteiger partial charge is 0.289 e. The summed E-state index contributed by atoms with van der Waals surface area (Å²) in [5.41, 5.74) is 1.76. The van der Waals surface area contributed by atoms with Gasteiger partial charge in [0.25, 0.3) is 5.91 Å². The highest BCUT2D eigenvalue weighted by Crippen LogP contribution is 2.22. The van der Waals surface area contributed by atoms with Crippen molar-refractivity contribution in [2.45, 2.75) is 12.8 Å². The minimum atomic E-state index is -0.123. The number of furan rings is 1. The predicted molar refractivity (Wildman–Crippen MR) is 105 cm³/mol. The molecule has 0 aliphatic carbocycles. The van der Waals surface area contributed by atoms with E-state index in [0.717, 1.165) is 16.4 Å². The van der Waals surface area contributed by atoms with Crippen LogP contribution in [0.25, 0.3) is 10.7 Å². The maximum Gasteiger partial charge on any atom is 0.289 e. The van der Waals surface area contributed by atoms with Gasteiger partial charge >= 0.3 is 0 Å². The molecule has 8 heteroatoms. The number of nitrogens with zero attached hydrogens (tertiary/aromatic N) is 4. The molecule has 0 radical (unpaired) electrons. The summed E-state index contributed by atoms with van der Waals surface area (Å²) in [4.78, 5) is 37.2. The molecule has 4 rings (SSSR count). The van der Waals surface area contributed by atoms with E-state index in [9.17, 15) is 9.59 Å². The van der Waals surface area contributed by atoms with E-state index in [-0.39, 0.29) is 11.8 Å². The molecule has 1 aliphatic rings. The Morgan fingerprint density at radius 1 is 1.07 bits per heavy atom. The van der Waals surface area contributed by atoms with Gasteiger partial charge in [0.05, 0.1) is 17.7 Å². The molecule has 0 unspecified atom stereocenters. The van der Waals surface area contributed by atoms with Crippen molar-refractivity contribution in [1.82, 2.24) is 19.8 Å². The van der Waals surface area contributed by atoms with Crippen LogP contribution >= 0.6 is 11.3 Å². The summed E-state index contributed by atoms with van der Waals surface area (Å²) in [7, 11) is 0. The van der Waals surface area contributed by atoms with Crippen molar-refractivity contribution in [1.29, 1.82) is 0 Å². The van der Waals surface area contributed by atoms with Crippen molar-refractivity contribution in [2.24, 2.45) is 0 Å². The van der Waals surface area contributed by atoms with E-state index in [1.807, 2.05) is 28.5 Å². The van der Waals surface area contributed by atoms with Crippen molar-refractivity contribution in [3.63, 3.8) is 0 Å². The lowest BCUT2D eigenvalue weighted by Gasteiger charge is -2.34. The number of carbonyl (C=O) groups is 2. The van der Waals surface area contributed by atoms with Crippen LogP contribution in [-0.2, 0) is 11.2 Å². The quantitative estimate of drug-likeness (QED) is 0.663. The lowest BCUT2D eigenvalue weighted by atomic mass is 10.2. The van der Waals surface area contributed by atoms with Crippen LogP contribution in [0.3, 0.4) is 0 Å². The molecule has 28 heavy (non-hydrogen) atoms.